The van der Waals surface area contributed by atoms with Crippen molar-refractivity contribution in [3.63, 3.8) is 0 Å². The minimum atomic E-state index is -0.826. The van der Waals surface area contributed by atoms with Gasteiger partial charge in [0.05, 0.1) is 0 Å². The van der Waals surface area contributed by atoms with Crippen molar-refractivity contribution in [2.75, 3.05) is 0 Å². The van der Waals surface area contributed by atoms with E-state index in [4.69, 9.17) is 17.0 Å². The number of halogens is 2. The average Bonchev–Trinajstić information content (AvgIpc) is 3.43. The van der Waals surface area contributed by atoms with Crippen LogP contribution < -0.4 is 0 Å². The fourth-order valence-corrected chi connectivity index (χ4v) is 7.94. The molecule has 0 aromatic rings. The molecule has 0 nitrogen and oxygen atoms in total. The Kier molecular flexibility index (Phi) is 10.1. The minimum absolute atomic E-state index is 0.798. The normalized spacial score (nSPS) is 30.8. The predicted octanol–water partition coefficient (Wildman–Crippen LogP) is 9.70. The molecule has 0 aromatic heterocycles. The van der Waals surface area contributed by atoms with E-state index in [1.807, 2.05) is 29.6 Å². The molecule has 6 fully saturated rings. The summed E-state index contributed by atoms with van der Waals surface area (Å²) in [4.78, 5) is 0. The van der Waals surface area contributed by atoms with E-state index in [0.29, 0.717) is 0 Å². The van der Waals surface area contributed by atoms with Crippen LogP contribution in [0.1, 0.15) is 116 Å². The van der Waals surface area contributed by atoms with Gasteiger partial charge in [0, 0.05) is 0 Å². The van der Waals surface area contributed by atoms with Crippen LogP contribution >= 0.6 is 17.0 Å². The Morgan fingerprint density at radius 3 is 1.76 bits per heavy atom. The van der Waals surface area contributed by atoms with Crippen molar-refractivity contribution in [3.05, 3.63) is 60.2 Å². The first-order chi connectivity index (χ1) is 16.3. The first kappa shape index (κ1) is 26.1. The summed E-state index contributed by atoms with van der Waals surface area (Å²) in [5.74, 6) is 16.3. The van der Waals surface area contributed by atoms with Gasteiger partial charge in [0.1, 0.15) is 0 Å². The van der Waals surface area contributed by atoms with Gasteiger partial charge in [0.15, 0.2) is 0 Å². The third-order valence-electron chi connectivity index (χ3n) is 9.39. The SMILES string of the molecule is [CH]1[CH][C](C(C[C]2[C]3CCCC[C]3[C]3CCCC[C]32)C2CCCCC2)[C]2CCCC[C]12.[Cl][Zr+2][Cl]. The second-order valence-corrected chi connectivity index (χ2v) is 14.8. The van der Waals surface area contributed by atoms with Crippen molar-refractivity contribution in [2.45, 2.75) is 116 Å². The van der Waals surface area contributed by atoms with Gasteiger partial charge >= 0.3 is 37.9 Å². The molecule has 0 aliphatic heterocycles. The van der Waals surface area contributed by atoms with E-state index in [1.54, 1.807) is 17.8 Å². The van der Waals surface area contributed by atoms with Crippen LogP contribution in [0.5, 0.6) is 0 Å². The van der Waals surface area contributed by atoms with Crippen molar-refractivity contribution in [1.29, 1.82) is 0 Å². The van der Waals surface area contributed by atoms with Gasteiger partial charge in [0.2, 0.25) is 0 Å². The summed E-state index contributed by atoms with van der Waals surface area (Å²) in [6, 6.07) is 0. The molecule has 6 rings (SSSR count). The van der Waals surface area contributed by atoms with Gasteiger partial charge in [-0.15, -0.1) is 0 Å². The van der Waals surface area contributed by atoms with Crippen LogP contribution in [0.15, 0.2) is 0 Å². The molecule has 33 heavy (non-hydrogen) atoms. The molecule has 0 spiro atoms. The van der Waals surface area contributed by atoms with E-state index >= 15 is 0 Å². The van der Waals surface area contributed by atoms with E-state index in [-0.39, 0.29) is 0 Å². The standard InChI is InChI=1S/C30H40.2ClH.Zr/c1-2-10-21(11-3-1)29(28-19-18-22-12-4-5-13-23(22)28)20-30-26-16-8-6-14-24(26)25-15-7-9-17-27(25)30;;;/h18-19,21,29H,1-17,20H2;2*1H;/q;;;+4/p-2. The molecule has 10 radical (unpaired) electrons. The van der Waals surface area contributed by atoms with Crippen molar-refractivity contribution in [3.8, 4) is 0 Å². The third-order valence-corrected chi connectivity index (χ3v) is 9.39. The first-order valence-electron chi connectivity index (χ1n) is 13.9. The molecule has 0 N–H and O–H groups in total. The molecule has 6 aliphatic rings. The summed E-state index contributed by atoms with van der Waals surface area (Å²) >= 11 is -0.826. The second kappa shape index (κ2) is 12.8. The van der Waals surface area contributed by atoms with Gasteiger partial charge in [-0.25, -0.2) is 0 Å². The summed E-state index contributed by atoms with van der Waals surface area (Å²) in [5, 5.41) is 0. The maximum atomic E-state index is 4.93. The van der Waals surface area contributed by atoms with Gasteiger partial charge in [-0.3, -0.25) is 0 Å². The molecule has 0 amide bonds. The van der Waals surface area contributed by atoms with Crippen LogP contribution in [-0.4, -0.2) is 0 Å². The van der Waals surface area contributed by atoms with Crippen molar-refractivity contribution >= 4 is 17.0 Å². The van der Waals surface area contributed by atoms with E-state index in [0.717, 1.165) is 11.8 Å². The van der Waals surface area contributed by atoms with E-state index < -0.39 is 20.8 Å². The second-order valence-electron chi connectivity index (χ2n) is 11.1. The molecule has 1 atom stereocenters. The molecule has 1 unspecified atom stereocenters. The average molecular weight is 563 g/mol. The first-order valence-corrected chi connectivity index (χ1v) is 20.2. The molecular weight excluding hydrogens is 522 g/mol. The Morgan fingerprint density at radius 1 is 0.636 bits per heavy atom. The molecule has 0 bridgehead atoms. The zero-order valence-electron chi connectivity index (χ0n) is 20.3. The number of hydrogen-bond acceptors (Lipinski definition) is 0. The number of rotatable bonds is 4. The van der Waals surface area contributed by atoms with Crippen LogP contribution in [0.25, 0.3) is 0 Å². The monoisotopic (exact) mass is 560 g/mol. The molecule has 176 valence electrons. The molecular formula is C30H40Cl2Zr+2. The molecule has 0 aromatic carbocycles. The van der Waals surface area contributed by atoms with E-state index in [2.05, 4.69) is 12.8 Å². The van der Waals surface area contributed by atoms with Crippen LogP contribution in [-0.2, 0) is 20.8 Å². The molecule has 6 saturated carbocycles. The molecule has 6 aliphatic carbocycles. The maximum absolute atomic E-state index is 4.93. The van der Waals surface area contributed by atoms with Gasteiger partial charge in [-0.1, -0.05) is 70.6 Å². The Morgan fingerprint density at radius 2 is 1.15 bits per heavy atom. The Labute approximate surface area is 224 Å². The molecule has 0 heterocycles. The Bertz CT molecular complexity index is 568. The van der Waals surface area contributed by atoms with Gasteiger partial charge < -0.3 is 0 Å². The molecule has 3 heteroatoms. The quantitative estimate of drug-likeness (QED) is 0.320. The van der Waals surface area contributed by atoms with Crippen LogP contribution in [0.4, 0.5) is 0 Å². The third kappa shape index (κ3) is 5.82. The molecule has 0 saturated heterocycles. The van der Waals surface area contributed by atoms with Crippen LogP contribution in [0.2, 0.25) is 0 Å². The van der Waals surface area contributed by atoms with Gasteiger partial charge in [-0.05, 0) is 117 Å². The zero-order chi connectivity index (χ0) is 22.6. The summed E-state index contributed by atoms with van der Waals surface area (Å²) in [5.41, 5.74) is 0. The summed E-state index contributed by atoms with van der Waals surface area (Å²) < 4.78 is 0. The Hall–Kier alpha value is 1.46. The van der Waals surface area contributed by atoms with E-state index in [1.165, 1.54) is 116 Å². The van der Waals surface area contributed by atoms with Crippen LogP contribution in [0.3, 0.4) is 0 Å². The van der Waals surface area contributed by atoms with Crippen molar-refractivity contribution in [2.24, 2.45) is 11.8 Å². The number of fused-ring (bicyclic) bond motifs is 4. The van der Waals surface area contributed by atoms with E-state index in [9.17, 15) is 0 Å². The van der Waals surface area contributed by atoms with Gasteiger partial charge in [0.25, 0.3) is 0 Å². The summed E-state index contributed by atoms with van der Waals surface area (Å²) in [6.45, 7) is 0. The van der Waals surface area contributed by atoms with Gasteiger partial charge in [-0.2, -0.15) is 0 Å². The zero-order valence-corrected chi connectivity index (χ0v) is 24.3. The topological polar surface area (TPSA) is 0 Å². The van der Waals surface area contributed by atoms with Crippen molar-refractivity contribution in [1.82, 2.24) is 0 Å². The summed E-state index contributed by atoms with van der Waals surface area (Å²) in [7, 11) is 9.87. The van der Waals surface area contributed by atoms with Crippen LogP contribution in [0, 0.1) is 72.0 Å². The number of hydrogen-bond donors (Lipinski definition) is 0. The predicted molar refractivity (Wildman–Crippen MR) is 136 cm³/mol. The fraction of sp³-hybridized carbons (Fsp3) is 0.667. The van der Waals surface area contributed by atoms with Crippen molar-refractivity contribution < 1.29 is 20.8 Å². The fourth-order valence-electron chi connectivity index (χ4n) is 7.94. The Balaban J connectivity index is 0.000000724. The summed E-state index contributed by atoms with van der Waals surface area (Å²) in [6.07, 6.45) is 30.7.